The quantitative estimate of drug-likeness (QED) is 0.759. The number of nitrogens with zero attached hydrogens (tertiary/aromatic N) is 2. The first-order valence-corrected chi connectivity index (χ1v) is 10.6. The normalized spacial score (nSPS) is 17.8. The molecule has 2 aromatic heterocycles. The van der Waals surface area contributed by atoms with Gasteiger partial charge in [-0.25, -0.2) is 4.98 Å². The maximum atomic E-state index is 12.0. The number of carbonyl (C=O) groups is 2. The van der Waals surface area contributed by atoms with Crippen LogP contribution < -0.4 is 10.6 Å². The van der Waals surface area contributed by atoms with Crippen molar-refractivity contribution in [3.63, 3.8) is 0 Å². The second-order valence-corrected chi connectivity index (χ2v) is 8.46. The minimum absolute atomic E-state index is 0.135. The molecule has 1 aliphatic rings. The Hall–Kier alpha value is -1.77. The maximum Gasteiger partial charge on any atom is 0.261 e. The number of piperidine rings is 1. The molecule has 1 fully saturated rings. The van der Waals surface area contributed by atoms with Gasteiger partial charge in [0.05, 0.1) is 10.6 Å². The zero-order valence-electron chi connectivity index (χ0n) is 14.9. The summed E-state index contributed by atoms with van der Waals surface area (Å²) in [4.78, 5) is 31.4. The molecule has 1 aliphatic heterocycles. The maximum absolute atomic E-state index is 12.0. The van der Waals surface area contributed by atoms with Gasteiger partial charge in [-0.1, -0.05) is 13.0 Å². The highest BCUT2D eigenvalue weighted by atomic mass is 32.1. The molecule has 1 saturated heterocycles. The van der Waals surface area contributed by atoms with E-state index in [1.165, 1.54) is 35.5 Å². The third-order valence-corrected chi connectivity index (χ3v) is 5.98. The average Bonchev–Trinajstić information content (AvgIpc) is 3.27. The predicted octanol–water partition coefficient (Wildman–Crippen LogP) is 3.20. The van der Waals surface area contributed by atoms with Gasteiger partial charge in [0.15, 0.2) is 5.13 Å². The third-order valence-electron chi connectivity index (χ3n) is 4.31. The summed E-state index contributed by atoms with van der Waals surface area (Å²) in [5.41, 5.74) is 1.00. The molecular weight excluding hydrogens is 368 g/mol. The van der Waals surface area contributed by atoms with Crippen LogP contribution in [0.1, 0.15) is 41.6 Å². The molecule has 6 nitrogen and oxygen atoms in total. The smallest absolute Gasteiger partial charge is 0.261 e. The Kier molecular flexibility index (Phi) is 6.76. The van der Waals surface area contributed by atoms with Gasteiger partial charge in [0.1, 0.15) is 0 Å². The van der Waals surface area contributed by atoms with E-state index in [9.17, 15) is 9.59 Å². The SMILES string of the molecule is CC1CCCN(Cc2csc(NC(=O)CCNC(=O)c3cccs3)n2)C1. The molecule has 3 heterocycles. The molecule has 0 bridgehead atoms. The molecule has 0 aliphatic carbocycles. The van der Waals surface area contributed by atoms with E-state index in [-0.39, 0.29) is 18.2 Å². The summed E-state index contributed by atoms with van der Waals surface area (Å²) in [6, 6.07) is 3.59. The fraction of sp³-hybridized carbons (Fsp3) is 0.500. The topological polar surface area (TPSA) is 74.3 Å². The highest BCUT2D eigenvalue weighted by molar-refractivity contribution is 7.14. The van der Waals surface area contributed by atoms with Crippen LogP contribution in [0.15, 0.2) is 22.9 Å². The fourth-order valence-corrected chi connectivity index (χ4v) is 4.42. The Balaban J connectivity index is 1.39. The van der Waals surface area contributed by atoms with Gasteiger partial charge in [-0.05, 0) is 36.8 Å². The van der Waals surface area contributed by atoms with Crippen LogP contribution in [-0.2, 0) is 11.3 Å². The van der Waals surface area contributed by atoms with Crippen LogP contribution in [0.5, 0.6) is 0 Å². The summed E-state index contributed by atoms with van der Waals surface area (Å²) in [6.07, 6.45) is 2.78. The highest BCUT2D eigenvalue weighted by Gasteiger charge is 2.17. The number of anilines is 1. The van der Waals surface area contributed by atoms with Crippen LogP contribution in [0.25, 0.3) is 0 Å². The minimum atomic E-state index is -0.139. The van der Waals surface area contributed by atoms with E-state index in [0.29, 0.717) is 16.6 Å². The van der Waals surface area contributed by atoms with Crippen molar-refractivity contribution in [2.75, 3.05) is 25.0 Å². The lowest BCUT2D eigenvalue weighted by atomic mass is 10.0. The number of likely N-dealkylation sites (tertiary alicyclic amines) is 1. The summed E-state index contributed by atoms with van der Waals surface area (Å²) >= 11 is 2.83. The van der Waals surface area contributed by atoms with Crippen molar-refractivity contribution in [3.05, 3.63) is 33.5 Å². The lowest BCUT2D eigenvalue weighted by Gasteiger charge is -2.30. The third kappa shape index (κ3) is 5.62. The number of thiazole rings is 1. The van der Waals surface area contributed by atoms with Crippen molar-refractivity contribution < 1.29 is 9.59 Å². The van der Waals surface area contributed by atoms with Gasteiger partial charge in [0.2, 0.25) is 5.91 Å². The lowest BCUT2D eigenvalue weighted by Crippen LogP contribution is -2.33. The number of amides is 2. The van der Waals surface area contributed by atoms with E-state index in [1.807, 2.05) is 16.8 Å². The zero-order valence-corrected chi connectivity index (χ0v) is 16.5. The molecule has 2 N–H and O–H groups in total. The van der Waals surface area contributed by atoms with Gasteiger partial charge in [0.25, 0.3) is 5.91 Å². The highest BCUT2D eigenvalue weighted by Crippen LogP contribution is 2.21. The fourth-order valence-electron chi connectivity index (χ4n) is 3.06. The van der Waals surface area contributed by atoms with Crippen molar-refractivity contribution in [3.8, 4) is 0 Å². The van der Waals surface area contributed by atoms with E-state index in [1.54, 1.807) is 6.07 Å². The van der Waals surface area contributed by atoms with Crippen molar-refractivity contribution in [1.82, 2.24) is 15.2 Å². The van der Waals surface area contributed by atoms with Crippen molar-refractivity contribution in [2.45, 2.75) is 32.7 Å². The second kappa shape index (κ2) is 9.25. The van der Waals surface area contributed by atoms with Crippen LogP contribution >= 0.6 is 22.7 Å². The standard InChI is InChI=1S/C18H24N4O2S2/c1-13-4-2-8-22(10-13)11-14-12-26-18(20-14)21-16(23)6-7-19-17(24)15-5-3-9-25-15/h3,5,9,12-13H,2,4,6-8,10-11H2,1H3,(H,19,24)(H,20,21,23). The van der Waals surface area contributed by atoms with Gasteiger partial charge < -0.3 is 10.6 Å². The zero-order chi connectivity index (χ0) is 18.4. The average molecular weight is 393 g/mol. The molecule has 8 heteroatoms. The first-order valence-electron chi connectivity index (χ1n) is 8.88. The number of aromatic nitrogens is 1. The number of carbonyl (C=O) groups excluding carboxylic acids is 2. The predicted molar refractivity (Wildman–Crippen MR) is 106 cm³/mol. The Morgan fingerprint density at radius 1 is 1.38 bits per heavy atom. The molecule has 0 spiro atoms. The molecule has 26 heavy (non-hydrogen) atoms. The number of hydrogen-bond acceptors (Lipinski definition) is 6. The molecule has 1 atom stereocenters. The number of thiophene rings is 1. The molecule has 0 aromatic carbocycles. The summed E-state index contributed by atoms with van der Waals surface area (Å²) in [6.45, 7) is 5.67. The molecular formula is C18H24N4O2S2. The van der Waals surface area contributed by atoms with Crippen molar-refractivity contribution >= 4 is 39.6 Å². The molecule has 3 rings (SSSR count). The van der Waals surface area contributed by atoms with Crippen LogP contribution in [0, 0.1) is 5.92 Å². The summed E-state index contributed by atoms with van der Waals surface area (Å²) < 4.78 is 0. The first-order chi connectivity index (χ1) is 12.6. The first kappa shape index (κ1) is 19.0. The van der Waals surface area contributed by atoms with E-state index >= 15 is 0 Å². The van der Waals surface area contributed by atoms with Crippen LogP contribution in [0.3, 0.4) is 0 Å². The molecule has 0 radical (unpaired) electrons. The largest absolute Gasteiger partial charge is 0.351 e. The van der Waals surface area contributed by atoms with Crippen molar-refractivity contribution in [2.24, 2.45) is 5.92 Å². The number of rotatable bonds is 7. The van der Waals surface area contributed by atoms with Gasteiger partial charge in [0, 0.05) is 31.4 Å². The Morgan fingerprint density at radius 2 is 2.27 bits per heavy atom. The Morgan fingerprint density at radius 3 is 3.04 bits per heavy atom. The van der Waals surface area contributed by atoms with E-state index in [4.69, 9.17) is 0 Å². The van der Waals surface area contributed by atoms with E-state index in [0.717, 1.165) is 31.2 Å². The van der Waals surface area contributed by atoms with Gasteiger partial charge >= 0.3 is 0 Å². The number of hydrogen-bond donors (Lipinski definition) is 2. The molecule has 2 aromatic rings. The van der Waals surface area contributed by atoms with Gasteiger partial charge in [-0.15, -0.1) is 22.7 Å². The Bertz CT molecular complexity index is 729. The second-order valence-electron chi connectivity index (χ2n) is 6.66. The molecule has 0 saturated carbocycles. The van der Waals surface area contributed by atoms with Crippen LogP contribution in [0.2, 0.25) is 0 Å². The lowest BCUT2D eigenvalue weighted by molar-refractivity contribution is -0.116. The van der Waals surface area contributed by atoms with Crippen LogP contribution in [-0.4, -0.2) is 41.3 Å². The molecule has 1 unspecified atom stereocenters. The van der Waals surface area contributed by atoms with E-state index in [2.05, 4.69) is 27.4 Å². The van der Waals surface area contributed by atoms with Gasteiger partial charge in [-0.3, -0.25) is 14.5 Å². The summed E-state index contributed by atoms with van der Waals surface area (Å²) in [7, 11) is 0. The summed E-state index contributed by atoms with van der Waals surface area (Å²) in [5.74, 6) is 0.468. The van der Waals surface area contributed by atoms with E-state index < -0.39 is 0 Å². The molecule has 140 valence electrons. The molecule has 2 amide bonds. The minimum Gasteiger partial charge on any atom is -0.351 e. The summed E-state index contributed by atoms with van der Waals surface area (Å²) in [5, 5.41) is 10.1. The van der Waals surface area contributed by atoms with Gasteiger partial charge in [-0.2, -0.15) is 0 Å². The monoisotopic (exact) mass is 392 g/mol. The number of nitrogens with one attached hydrogen (secondary N) is 2. The van der Waals surface area contributed by atoms with Crippen LogP contribution in [0.4, 0.5) is 5.13 Å². The Labute approximate surface area is 161 Å². The van der Waals surface area contributed by atoms with Crippen molar-refractivity contribution in [1.29, 1.82) is 0 Å².